The standard InChI is InChI=1S/C10H8F3N3O2/c1-5(9(17)18)6-3-14-8-2-7(10(11,12)13)15-16(8)4-6/h2-5H,1H3,(H,17,18). The highest BCUT2D eigenvalue weighted by atomic mass is 19.4. The number of rotatable bonds is 2. The summed E-state index contributed by atoms with van der Waals surface area (Å²) in [6.07, 6.45) is -2.08. The molecule has 0 saturated heterocycles. The van der Waals surface area contributed by atoms with Gasteiger partial charge >= 0.3 is 12.1 Å². The SMILES string of the molecule is CC(C(=O)O)c1cnc2cc(C(F)(F)F)nn2c1. The van der Waals surface area contributed by atoms with Crippen LogP contribution in [-0.2, 0) is 11.0 Å². The molecule has 8 heteroatoms. The fraction of sp³-hybridized carbons (Fsp3) is 0.300. The number of hydrogen-bond acceptors (Lipinski definition) is 3. The van der Waals surface area contributed by atoms with E-state index in [0.29, 0.717) is 0 Å². The molecule has 0 bridgehead atoms. The van der Waals surface area contributed by atoms with E-state index in [1.807, 2.05) is 0 Å². The van der Waals surface area contributed by atoms with Crippen LogP contribution in [0.1, 0.15) is 24.1 Å². The molecule has 0 spiro atoms. The molecule has 1 atom stereocenters. The zero-order valence-corrected chi connectivity index (χ0v) is 9.14. The fourth-order valence-corrected chi connectivity index (χ4v) is 1.40. The maximum absolute atomic E-state index is 12.4. The van der Waals surface area contributed by atoms with E-state index < -0.39 is 23.8 Å². The number of carbonyl (C=O) groups is 1. The van der Waals surface area contributed by atoms with Crippen molar-refractivity contribution in [2.75, 3.05) is 0 Å². The maximum atomic E-state index is 12.4. The summed E-state index contributed by atoms with van der Waals surface area (Å²) >= 11 is 0. The summed E-state index contributed by atoms with van der Waals surface area (Å²) in [6, 6.07) is 0.801. The molecule has 0 aliphatic heterocycles. The van der Waals surface area contributed by atoms with Crippen LogP contribution >= 0.6 is 0 Å². The third-order valence-electron chi connectivity index (χ3n) is 2.49. The van der Waals surface area contributed by atoms with Gasteiger partial charge in [-0.15, -0.1) is 0 Å². The molecular formula is C10H8F3N3O2. The van der Waals surface area contributed by atoms with Crippen molar-refractivity contribution in [3.8, 4) is 0 Å². The minimum absolute atomic E-state index is 0.0173. The molecule has 1 unspecified atom stereocenters. The molecule has 0 amide bonds. The summed E-state index contributed by atoms with van der Waals surface area (Å²) in [4.78, 5) is 14.5. The number of aliphatic carboxylic acids is 1. The normalized spacial score (nSPS) is 13.8. The van der Waals surface area contributed by atoms with Crippen LogP contribution in [0, 0.1) is 0 Å². The highest BCUT2D eigenvalue weighted by molar-refractivity contribution is 5.75. The molecule has 2 aromatic heterocycles. The zero-order valence-electron chi connectivity index (χ0n) is 9.14. The van der Waals surface area contributed by atoms with Gasteiger partial charge < -0.3 is 5.11 Å². The molecule has 96 valence electrons. The molecule has 2 aromatic rings. The maximum Gasteiger partial charge on any atom is 0.435 e. The summed E-state index contributed by atoms with van der Waals surface area (Å²) in [6.45, 7) is 1.42. The first-order valence-electron chi connectivity index (χ1n) is 4.94. The van der Waals surface area contributed by atoms with Gasteiger partial charge in [-0.05, 0) is 6.92 Å². The van der Waals surface area contributed by atoms with E-state index in [1.54, 1.807) is 0 Å². The van der Waals surface area contributed by atoms with Gasteiger partial charge in [0.15, 0.2) is 11.3 Å². The van der Waals surface area contributed by atoms with E-state index in [0.717, 1.165) is 10.6 Å². The summed E-state index contributed by atoms with van der Waals surface area (Å²) < 4.78 is 38.2. The summed E-state index contributed by atoms with van der Waals surface area (Å²) in [5.74, 6) is -1.94. The Bertz CT molecular complexity index is 606. The quantitative estimate of drug-likeness (QED) is 0.894. The number of carboxylic acid groups (broad SMARTS) is 1. The van der Waals surface area contributed by atoms with Crippen molar-refractivity contribution in [3.63, 3.8) is 0 Å². The van der Waals surface area contributed by atoms with Crippen LogP contribution in [-0.4, -0.2) is 25.7 Å². The highest BCUT2D eigenvalue weighted by Crippen LogP contribution is 2.28. The van der Waals surface area contributed by atoms with Gasteiger partial charge in [0.1, 0.15) is 0 Å². The van der Waals surface area contributed by atoms with Gasteiger partial charge in [-0.1, -0.05) is 0 Å². The molecule has 2 heterocycles. The summed E-state index contributed by atoms with van der Waals surface area (Å²) in [7, 11) is 0. The van der Waals surface area contributed by atoms with Crippen molar-refractivity contribution in [1.29, 1.82) is 0 Å². The monoisotopic (exact) mass is 259 g/mol. The molecule has 0 aromatic carbocycles. The van der Waals surface area contributed by atoms with Crippen molar-refractivity contribution in [3.05, 3.63) is 29.7 Å². The van der Waals surface area contributed by atoms with Crippen LogP contribution < -0.4 is 0 Å². The molecular weight excluding hydrogens is 251 g/mol. The van der Waals surface area contributed by atoms with E-state index in [1.165, 1.54) is 19.3 Å². The highest BCUT2D eigenvalue weighted by Gasteiger charge is 2.34. The first-order chi connectivity index (χ1) is 8.29. The third-order valence-corrected chi connectivity index (χ3v) is 2.49. The minimum atomic E-state index is -4.55. The lowest BCUT2D eigenvalue weighted by Crippen LogP contribution is -2.09. The number of carboxylic acids is 1. The predicted octanol–water partition coefficient (Wildman–Crippen LogP) is 1.94. The van der Waals surface area contributed by atoms with Crippen LogP contribution in [0.4, 0.5) is 13.2 Å². The zero-order chi connectivity index (χ0) is 13.5. The Morgan fingerprint density at radius 2 is 2.17 bits per heavy atom. The van der Waals surface area contributed by atoms with Gasteiger partial charge in [0.05, 0.1) is 5.92 Å². The Kier molecular flexibility index (Phi) is 2.72. The molecule has 2 rings (SSSR count). The van der Waals surface area contributed by atoms with Crippen molar-refractivity contribution in [2.24, 2.45) is 0 Å². The van der Waals surface area contributed by atoms with Crippen LogP contribution in [0.5, 0.6) is 0 Å². The van der Waals surface area contributed by atoms with Gasteiger partial charge in [0, 0.05) is 24.0 Å². The fourth-order valence-electron chi connectivity index (χ4n) is 1.40. The lowest BCUT2D eigenvalue weighted by atomic mass is 10.1. The van der Waals surface area contributed by atoms with E-state index in [9.17, 15) is 18.0 Å². The predicted molar refractivity (Wildman–Crippen MR) is 54.0 cm³/mol. The third kappa shape index (κ3) is 2.13. The van der Waals surface area contributed by atoms with Crippen LogP contribution in [0.25, 0.3) is 5.65 Å². The van der Waals surface area contributed by atoms with Gasteiger partial charge in [0.2, 0.25) is 0 Å². The molecule has 0 aliphatic rings. The van der Waals surface area contributed by atoms with Gasteiger partial charge in [-0.3, -0.25) is 4.79 Å². The Balaban J connectivity index is 2.49. The average molecular weight is 259 g/mol. The summed E-state index contributed by atoms with van der Waals surface area (Å²) in [5, 5.41) is 12.1. The molecule has 0 aliphatic carbocycles. The minimum Gasteiger partial charge on any atom is -0.481 e. The Labute approximate surface area is 98.9 Å². The van der Waals surface area contributed by atoms with E-state index in [4.69, 9.17) is 5.11 Å². The number of aromatic nitrogens is 3. The van der Waals surface area contributed by atoms with Crippen LogP contribution in [0.15, 0.2) is 18.5 Å². The molecule has 18 heavy (non-hydrogen) atoms. The van der Waals surface area contributed by atoms with Gasteiger partial charge in [-0.25, -0.2) is 9.50 Å². The summed E-state index contributed by atoms with van der Waals surface area (Å²) in [5.41, 5.74) is -0.759. The second kappa shape index (κ2) is 3.97. The van der Waals surface area contributed by atoms with Crippen LogP contribution in [0.3, 0.4) is 0 Å². The lowest BCUT2D eigenvalue weighted by Gasteiger charge is -2.05. The molecule has 0 radical (unpaired) electrons. The van der Waals surface area contributed by atoms with E-state index >= 15 is 0 Å². The number of hydrogen-bond donors (Lipinski definition) is 1. The van der Waals surface area contributed by atoms with Gasteiger partial charge in [0.25, 0.3) is 0 Å². The Hall–Kier alpha value is -2.12. The average Bonchev–Trinajstić information content (AvgIpc) is 2.69. The molecule has 0 fully saturated rings. The molecule has 5 nitrogen and oxygen atoms in total. The molecule has 0 saturated carbocycles. The van der Waals surface area contributed by atoms with Gasteiger partial charge in [-0.2, -0.15) is 18.3 Å². The number of nitrogens with zero attached hydrogens (tertiary/aromatic N) is 3. The van der Waals surface area contributed by atoms with Crippen LogP contribution in [0.2, 0.25) is 0 Å². The first kappa shape index (κ1) is 12.3. The smallest absolute Gasteiger partial charge is 0.435 e. The van der Waals surface area contributed by atoms with E-state index in [-0.39, 0.29) is 11.2 Å². The first-order valence-corrected chi connectivity index (χ1v) is 4.94. The van der Waals surface area contributed by atoms with E-state index in [2.05, 4.69) is 10.1 Å². The Morgan fingerprint density at radius 1 is 1.50 bits per heavy atom. The number of fused-ring (bicyclic) bond motifs is 1. The number of alkyl halides is 3. The van der Waals surface area contributed by atoms with Crippen molar-refractivity contribution < 1.29 is 23.1 Å². The lowest BCUT2D eigenvalue weighted by molar-refractivity contribution is -0.141. The Morgan fingerprint density at radius 3 is 2.72 bits per heavy atom. The largest absolute Gasteiger partial charge is 0.481 e. The second-order valence-electron chi connectivity index (χ2n) is 3.78. The van der Waals surface area contributed by atoms with Crippen molar-refractivity contribution >= 4 is 11.6 Å². The van der Waals surface area contributed by atoms with Crippen molar-refractivity contribution in [2.45, 2.75) is 19.0 Å². The molecule has 1 N–H and O–H groups in total. The second-order valence-corrected chi connectivity index (χ2v) is 3.78. The number of halogens is 3. The van der Waals surface area contributed by atoms with Crippen molar-refractivity contribution in [1.82, 2.24) is 14.6 Å². The topological polar surface area (TPSA) is 67.5 Å².